The highest BCUT2D eigenvalue weighted by atomic mass is 35.5. The van der Waals surface area contributed by atoms with Crippen LogP contribution in [0.25, 0.3) is 0 Å². The number of halogens is 1. The predicted molar refractivity (Wildman–Crippen MR) is 88.9 cm³/mol. The molecule has 0 amide bonds. The van der Waals surface area contributed by atoms with Gasteiger partial charge in [0.1, 0.15) is 0 Å². The molecular formula is C16H33ClOSi. The Kier molecular flexibility index (Phi) is 7.42. The van der Waals surface area contributed by atoms with Crippen molar-refractivity contribution in [1.82, 2.24) is 0 Å². The molecule has 1 heterocycles. The fourth-order valence-corrected chi connectivity index (χ4v) is 6.14. The van der Waals surface area contributed by atoms with Crippen LogP contribution in [-0.4, -0.2) is 25.3 Å². The molecule has 2 unspecified atom stereocenters. The number of epoxide rings is 1. The second kappa shape index (κ2) is 8.04. The maximum absolute atomic E-state index is 6.61. The van der Waals surface area contributed by atoms with Crippen LogP contribution in [0.15, 0.2) is 0 Å². The lowest BCUT2D eigenvalue weighted by Gasteiger charge is -2.29. The normalized spacial score (nSPS) is 24.5. The molecule has 0 radical (unpaired) electrons. The maximum atomic E-state index is 6.61. The summed E-state index contributed by atoms with van der Waals surface area (Å²) in [5.41, 5.74) is 0. The standard InChI is InChI=1S/C16H33ClOSi/c1-5-6-7-8-9-10-11-12-13-15(17)16(14-18-16)19(2,3)4/h15H,5-14H2,1-4H3. The molecule has 1 rings (SSSR count). The smallest absolute Gasteiger partial charge is 0.0967 e. The first-order valence-electron chi connectivity index (χ1n) is 8.22. The van der Waals surface area contributed by atoms with Crippen LogP contribution in [0.1, 0.15) is 64.7 Å². The molecule has 114 valence electrons. The van der Waals surface area contributed by atoms with Gasteiger partial charge in [-0.15, -0.1) is 11.6 Å². The van der Waals surface area contributed by atoms with Gasteiger partial charge in [0.2, 0.25) is 0 Å². The number of rotatable bonds is 11. The summed E-state index contributed by atoms with van der Waals surface area (Å²) in [6, 6.07) is 0. The van der Waals surface area contributed by atoms with E-state index in [2.05, 4.69) is 26.6 Å². The molecule has 0 saturated carbocycles. The molecule has 1 aliphatic heterocycles. The Morgan fingerprint density at radius 3 is 1.89 bits per heavy atom. The largest absolute Gasteiger partial charge is 0.372 e. The van der Waals surface area contributed by atoms with E-state index in [-0.39, 0.29) is 10.6 Å². The molecule has 0 aliphatic carbocycles. The molecule has 3 heteroatoms. The van der Waals surface area contributed by atoms with Gasteiger partial charge in [-0.05, 0) is 6.42 Å². The number of unbranched alkanes of at least 4 members (excludes halogenated alkanes) is 7. The first-order chi connectivity index (χ1) is 8.94. The van der Waals surface area contributed by atoms with E-state index in [0.29, 0.717) is 0 Å². The fourth-order valence-electron chi connectivity index (χ4n) is 2.85. The Bertz CT molecular complexity index is 246. The van der Waals surface area contributed by atoms with E-state index in [0.717, 1.165) is 13.0 Å². The number of alkyl halides is 1. The molecule has 1 aliphatic rings. The first kappa shape index (κ1) is 17.5. The molecule has 0 bridgehead atoms. The Hall–Kier alpha value is 0.467. The second-order valence-corrected chi connectivity index (χ2v) is 13.0. The van der Waals surface area contributed by atoms with Gasteiger partial charge in [0.05, 0.1) is 25.3 Å². The van der Waals surface area contributed by atoms with Crippen molar-refractivity contribution < 1.29 is 4.74 Å². The Labute approximate surface area is 126 Å². The van der Waals surface area contributed by atoms with E-state index < -0.39 is 8.07 Å². The van der Waals surface area contributed by atoms with Gasteiger partial charge in [0.25, 0.3) is 0 Å². The van der Waals surface area contributed by atoms with Crippen LogP contribution in [0.3, 0.4) is 0 Å². The quantitative estimate of drug-likeness (QED) is 0.204. The molecule has 0 aromatic carbocycles. The van der Waals surface area contributed by atoms with Crippen LogP contribution >= 0.6 is 11.6 Å². The van der Waals surface area contributed by atoms with Gasteiger partial charge in [-0.1, -0.05) is 77.9 Å². The molecule has 0 aromatic heterocycles. The number of hydrogen-bond acceptors (Lipinski definition) is 1. The van der Waals surface area contributed by atoms with Crippen molar-refractivity contribution in [3.8, 4) is 0 Å². The van der Waals surface area contributed by atoms with E-state index in [1.54, 1.807) is 0 Å². The fraction of sp³-hybridized carbons (Fsp3) is 1.00. The van der Waals surface area contributed by atoms with E-state index in [4.69, 9.17) is 16.3 Å². The third-order valence-corrected chi connectivity index (χ3v) is 8.47. The Balaban J connectivity index is 2.04. The summed E-state index contributed by atoms with van der Waals surface area (Å²) in [6.45, 7) is 10.3. The summed E-state index contributed by atoms with van der Waals surface area (Å²) < 4.78 is 5.77. The monoisotopic (exact) mass is 304 g/mol. The molecule has 2 atom stereocenters. The summed E-state index contributed by atoms with van der Waals surface area (Å²) in [5, 5.41) is 0.342. The molecule has 0 spiro atoms. The van der Waals surface area contributed by atoms with Crippen molar-refractivity contribution in [3.63, 3.8) is 0 Å². The van der Waals surface area contributed by atoms with Crippen LogP contribution in [0.4, 0.5) is 0 Å². The number of hydrogen-bond donors (Lipinski definition) is 0. The van der Waals surface area contributed by atoms with Gasteiger partial charge in [-0.25, -0.2) is 0 Å². The summed E-state index contributed by atoms with van der Waals surface area (Å²) in [5.74, 6) is 0. The van der Waals surface area contributed by atoms with E-state index in [9.17, 15) is 0 Å². The van der Waals surface area contributed by atoms with Crippen LogP contribution in [-0.2, 0) is 4.74 Å². The van der Waals surface area contributed by atoms with Crippen LogP contribution in [0, 0.1) is 0 Å². The summed E-state index contributed by atoms with van der Waals surface area (Å²) in [7, 11) is -1.28. The zero-order valence-corrected chi connectivity index (χ0v) is 15.2. The minimum Gasteiger partial charge on any atom is -0.372 e. The zero-order valence-electron chi connectivity index (χ0n) is 13.4. The van der Waals surface area contributed by atoms with Gasteiger partial charge in [0.15, 0.2) is 0 Å². The molecule has 0 N–H and O–H groups in total. The van der Waals surface area contributed by atoms with Gasteiger partial charge < -0.3 is 4.74 Å². The van der Waals surface area contributed by atoms with Crippen molar-refractivity contribution in [2.45, 2.75) is 95.0 Å². The van der Waals surface area contributed by atoms with Gasteiger partial charge >= 0.3 is 0 Å². The molecule has 1 saturated heterocycles. The summed E-state index contributed by atoms with van der Waals surface area (Å²) in [4.78, 5) is 0. The van der Waals surface area contributed by atoms with Crippen molar-refractivity contribution in [2.75, 3.05) is 6.61 Å². The molecule has 0 aromatic rings. The Morgan fingerprint density at radius 1 is 1.00 bits per heavy atom. The molecule has 19 heavy (non-hydrogen) atoms. The van der Waals surface area contributed by atoms with Crippen LogP contribution in [0.2, 0.25) is 19.6 Å². The molecule has 1 fully saturated rings. The average Bonchev–Trinajstić information content (AvgIpc) is 3.12. The van der Waals surface area contributed by atoms with E-state index in [1.165, 1.54) is 51.4 Å². The minimum absolute atomic E-state index is 0.0929. The summed E-state index contributed by atoms with van der Waals surface area (Å²) >= 11 is 6.61. The van der Waals surface area contributed by atoms with Gasteiger partial charge in [-0.2, -0.15) is 0 Å². The molecule has 1 nitrogen and oxygen atoms in total. The van der Waals surface area contributed by atoms with Crippen molar-refractivity contribution >= 4 is 19.7 Å². The van der Waals surface area contributed by atoms with Gasteiger partial charge in [-0.3, -0.25) is 0 Å². The average molecular weight is 305 g/mol. The lowest BCUT2D eigenvalue weighted by molar-refractivity contribution is 0.350. The van der Waals surface area contributed by atoms with Gasteiger partial charge in [0, 0.05) is 0 Å². The highest BCUT2D eigenvalue weighted by Gasteiger charge is 2.59. The lowest BCUT2D eigenvalue weighted by atomic mass is 10.1. The van der Waals surface area contributed by atoms with Crippen LogP contribution < -0.4 is 0 Å². The number of ether oxygens (including phenoxy) is 1. The second-order valence-electron chi connectivity index (χ2n) is 7.16. The maximum Gasteiger partial charge on any atom is 0.0967 e. The first-order valence-corrected chi connectivity index (χ1v) is 12.2. The van der Waals surface area contributed by atoms with Crippen molar-refractivity contribution in [1.29, 1.82) is 0 Å². The zero-order chi connectivity index (χ0) is 14.4. The van der Waals surface area contributed by atoms with Crippen molar-refractivity contribution in [2.24, 2.45) is 0 Å². The molecular weight excluding hydrogens is 272 g/mol. The van der Waals surface area contributed by atoms with E-state index in [1.807, 2.05) is 0 Å². The highest BCUT2D eigenvalue weighted by Crippen LogP contribution is 2.44. The minimum atomic E-state index is -1.28. The third-order valence-electron chi connectivity index (χ3n) is 4.54. The third kappa shape index (κ3) is 5.39. The van der Waals surface area contributed by atoms with Crippen LogP contribution in [0.5, 0.6) is 0 Å². The highest BCUT2D eigenvalue weighted by molar-refractivity contribution is 6.80. The van der Waals surface area contributed by atoms with Crippen molar-refractivity contribution in [3.05, 3.63) is 0 Å². The lowest BCUT2D eigenvalue weighted by Crippen LogP contribution is -2.48. The summed E-state index contributed by atoms with van der Waals surface area (Å²) in [6.07, 6.45) is 12.1. The SMILES string of the molecule is CCCCCCCCCCC(Cl)C1([Si](C)(C)C)CO1. The predicted octanol–water partition coefficient (Wildman–Crippen LogP) is 5.77. The topological polar surface area (TPSA) is 12.5 Å². The van der Waals surface area contributed by atoms with E-state index >= 15 is 0 Å². The Morgan fingerprint density at radius 2 is 1.47 bits per heavy atom.